The van der Waals surface area contributed by atoms with Crippen LogP contribution in [0.2, 0.25) is 0 Å². The second-order valence-electron chi connectivity index (χ2n) is 3.48. The average Bonchev–Trinajstić information content (AvgIpc) is 2.70. The van der Waals surface area contributed by atoms with E-state index in [0.717, 1.165) is 6.07 Å². The van der Waals surface area contributed by atoms with Crippen LogP contribution in [0.15, 0.2) is 30.6 Å². The Balaban J connectivity index is 2.31. The summed E-state index contributed by atoms with van der Waals surface area (Å²) in [5.41, 5.74) is 5.82. The predicted octanol–water partition coefficient (Wildman–Crippen LogP) is 1.84. The highest BCUT2D eigenvalue weighted by Crippen LogP contribution is 2.12. The van der Waals surface area contributed by atoms with Crippen molar-refractivity contribution in [2.45, 2.75) is 6.54 Å². The van der Waals surface area contributed by atoms with Crippen molar-refractivity contribution < 1.29 is 8.78 Å². The predicted molar refractivity (Wildman–Crippen MR) is 63.6 cm³/mol. The van der Waals surface area contributed by atoms with E-state index in [-0.39, 0.29) is 11.5 Å². The van der Waals surface area contributed by atoms with E-state index >= 15 is 0 Å². The molecule has 0 aliphatic heterocycles. The highest BCUT2D eigenvalue weighted by Gasteiger charge is 2.09. The molecule has 0 unspecified atom stereocenters. The first-order valence-electron chi connectivity index (χ1n) is 4.83. The number of thiocarbonyl (C=S) groups is 1. The molecule has 0 bridgehead atoms. The Labute approximate surface area is 102 Å². The number of imidazole rings is 1. The fourth-order valence-corrected chi connectivity index (χ4v) is 1.67. The third kappa shape index (κ3) is 2.47. The molecule has 1 aromatic carbocycles. The van der Waals surface area contributed by atoms with Crippen molar-refractivity contribution in [1.82, 2.24) is 9.55 Å². The maximum Gasteiger partial charge on any atom is 0.167 e. The third-order valence-electron chi connectivity index (χ3n) is 2.29. The molecule has 2 rings (SSSR count). The van der Waals surface area contributed by atoms with Crippen LogP contribution >= 0.6 is 12.2 Å². The summed E-state index contributed by atoms with van der Waals surface area (Å²) >= 11 is 4.81. The molecule has 17 heavy (non-hydrogen) atoms. The Bertz CT molecular complexity index is 566. The zero-order valence-corrected chi connectivity index (χ0v) is 9.55. The Hall–Kier alpha value is -1.82. The van der Waals surface area contributed by atoms with Gasteiger partial charge in [-0.15, -0.1) is 0 Å². The lowest BCUT2D eigenvalue weighted by molar-refractivity contribution is 0.566. The Kier molecular flexibility index (Phi) is 3.14. The van der Waals surface area contributed by atoms with Crippen molar-refractivity contribution in [2.75, 3.05) is 0 Å². The molecule has 1 aromatic heterocycles. The zero-order chi connectivity index (χ0) is 12.4. The lowest BCUT2D eigenvalue weighted by Gasteiger charge is -2.07. The van der Waals surface area contributed by atoms with Crippen molar-refractivity contribution in [1.29, 1.82) is 0 Å². The zero-order valence-electron chi connectivity index (χ0n) is 8.73. The minimum Gasteiger partial charge on any atom is -0.387 e. The number of aromatic nitrogens is 2. The Morgan fingerprint density at radius 1 is 1.41 bits per heavy atom. The summed E-state index contributed by atoms with van der Waals surface area (Å²) in [4.78, 5) is 4.10. The van der Waals surface area contributed by atoms with Gasteiger partial charge in [0.15, 0.2) is 5.82 Å². The van der Waals surface area contributed by atoms with Gasteiger partial charge in [0.05, 0.1) is 6.54 Å². The maximum absolute atomic E-state index is 13.4. The number of hydrogen-bond donors (Lipinski definition) is 1. The topological polar surface area (TPSA) is 43.8 Å². The summed E-state index contributed by atoms with van der Waals surface area (Å²) in [7, 11) is 0. The van der Waals surface area contributed by atoms with Crippen LogP contribution in [0.3, 0.4) is 0 Å². The largest absolute Gasteiger partial charge is 0.387 e. The normalized spacial score (nSPS) is 10.5. The van der Waals surface area contributed by atoms with Crippen LogP contribution < -0.4 is 5.73 Å². The molecule has 0 aliphatic carbocycles. The molecule has 2 N–H and O–H groups in total. The molecule has 0 radical (unpaired) electrons. The SMILES string of the molecule is NC(=S)c1nccn1Cc1ccc(F)cc1F. The van der Waals surface area contributed by atoms with Gasteiger partial charge in [-0.05, 0) is 6.07 Å². The van der Waals surface area contributed by atoms with Crippen LogP contribution in [0.5, 0.6) is 0 Å². The molecule has 6 heteroatoms. The standard InChI is InChI=1S/C11H9F2N3S/c12-8-2-1-7(9(13)5-8)6-16-4-3-15-11(16)10(14)17/h1-5H,6H2,(H2,14,17). The van der Waals surface area contributed by atoms with Crippen molar-refractivity contribution in [2.24, 2.45) is 5.73 Å². The fourth-order valence-electron chi connectivity index (χ4n) is 1.50. The molecule has 0 fully saturated rings. The minimum absolute atomic E-state index is 0.137. The van der Waals surface area contributed by atoms with Crippen LogP contribution in [0.25, 0.3) is 0 Å². The summed E-state index contributed by atoms with van der Waals surface area (Å²) < 4.78 is 27.8. The van der Waals surface area contributed by atoms with Crippen LogP contribution in [0.1, 0.15) is 11.4 Å². The molecule has 1 heterocycles. The highest BCUT2D eigenvalue weighted by atomic mass is 32.1. The summed E-state index contributed by atoms with van der Waals surface area (Å²) in [6.07, 6.45) is 3.16. The molecule has 0 saturated carbocycles. The third-order valence-corrected chi connectivity index (χ3v) is 2.47. The molecule has 0 amide bonds. The van der Waals surface area contributed by atoms with Gasteiger partial charge in [0.1, 0.15) is 16.6 Å². The molecule has 0 saturated heterocycles. The molecule has 0 atom stereocenters. The van der Waals surface area contributed by atoms with E-state index in [1.54, 1.807) is 10.8 Å². The molecule has 88 valence electrons. The lowest BCUT2D eigenvalue weighted by atomic mass is 10.2. The Morgan fingerprint density at radius 3 is 2.82 bits per heavy atom. The average molecular weight is 253 g/mol. The quantitative estimate of drug-likeness (QED) is 0.849. The maximum atomic E-state index is 13.4. The van der Waals surface area contributed by atoms with Gasteiger partial charge in [0.25, 0.3) is 0 Å². The molecular weight excluding hydrogens is 244 g/mol. The van der Waals surface area contributed by atoms with Gasteiger partial charge < -0.3 is 10.3 Å². The van der Waals surface area contributed by atoms with Crippen LogP contribution in [0.4, 0.5) is 8.78 Å². The lowest BCUT2D eigenvalue weighted by Crippen LogP contribution is -2.17. The molecule has 0 spiro atoms. The molecule has 0 aliphatic rings. The van der Waals surface area contributed by atoms with Gasteiger partial charge in [0, 0.05) is 24.0 Å². The van der Waals surface area contributed by atoms with Crippen molar-refractivity contribution in [3.63, 3.8) is 0 Å². The van der Waals surface area contributed by atoms with E-state index in [9.17, 15) is 8.78 Å². The summed E-state index contributed by atoms with van der Waals surface area (Å²) in [5.74, 6) is -0.803. The molecular formula is C11H9F2N3S. The number of nitrogens with zero attached hydrogens (tertiary/aromatic N) is 2. The number of hydrogen-bond acceptors (Lipinski definition) is 2. The fraction of sp³-hybridized carbons (Fsp3) is 0.0909. The molecule has 2 aromatic rings. The monoisotopic (exact) mass is 253 g/mol. The van der Waals surface area contributed by atoms with E-state index in [1.165, 1.54) is 18.3 Å². The van der Waals surface area contributed by atoms with E-state index in [4.69, 9.17) is 18.0 Å². The number of benzene rings is 1. The van der Waals surface area contributed by atoms with Crippen molar-refractivity contribution >= 4 is 17.2 Å². The van der Waals surface area contributed by atoms with E-state index in [2.05, 4.69) is 4.98 Å². The van der Waals surface area contributed by atoms with Gasteiger partial charge in [0.2, 0.25) is 0 Å². The van der Waals surface area contributed by atoms with Gasteiger partial charge >= 0.3 is 0 Å². The Morgan fingerprint density at radius 2 is 2.18 bits per heavy atom. The first-order chi connectivity index (χ1) is 8.08. The van der Waals surface area contributed by atoms with Crippen molar-refractivity contribution in [3.05, 3.63) is 53.6 Å². The minimum atomic E-state index is -0.605. The second-order valence-corrected chi connectivity index (χ2v) is 3.92. The smallest absolute Gasteiger partial charge is 0.167 e. The van der Waals surface area contributed by atoms with Gasteiger partial charge in [-0.1, -0.05) is 18.3 Å². The first-order valence-corrected chi connectivity index (χ1v) is 5.23. The van der Waals surface area contributed by atoms with E-state index in [0.29, 0.717) is 11.4 Å². The van der Waals surface area contributed by atoms with Crippen molar-refractivity contribution in [3.8, 4) is 0 Å². The van der Waals surface area contributed by atoms with Gasteiger partial charge in [-0.3, -0.25) is 0 Å². The highest BCUT2D eigenvalue weighted by molar-refractivity contribution is 7.80. The summed E-state index contributed by atoms with van der Waals surface area (Å²) in [5, 5.41) is 0. The summed E-state index contributed by atoms with van der Waals surface area (Å²) in [6.45, 7) is 0.207. The second kappa shape index (κ2) is 4.58. The number of halogens is 2. The van der Waals surface area contributed by atoms with E-state index < -0.39 is 11.6 Å². The van der Waals surface area contributed by atoms with Gasteiger partial charge in [-0.25, -0.2) is 13.8 Å². The summed E-state index contributed by atoms with van der Waals surface area (Å²) in [6, 6.07) is 3.43. The molecule has 3 nitrogen and oxygen atoms in total. The van der Waals surface area contributed by atoms with Gasteiger partial charge in [-0.2, -0.15) is 0 Å². The van der Waals surface area contributed by atoms with Crippen LogP contribution in [0, 0.1) is 11.6 Å². The van der Waals surface area contributed by atoms with E-state index in [1.807, 2.05) is 0 Å². The first kappa shape index (κ1) is 11.7. The van der Waals surface area contributed by atoms with Crippen LogP contribution in [-0.4, -0.2) is 14.5 Å². The van der Waals surface area contributed by atoms with Crippen LogP contribution in [-0.2, 0) is 6.54 Å². The number of rotatable bonds is 3. The number of nitrogens with two attached hydrogens (primary N) is 1.